The first-order chi connectivity index (χ1) is 27.7. The van der Waals surface area contributed by atoms with E-state index in [0.29, 0.717) is 6.61 Å². The fraction of sp³-hybridized carbons (Fsp3) is 0.167. The van der Waals surface area contributed by atoms with Gasteiger partial charge in [-0.15, -0.1) is 0 Å². The van der Waals surface area contributed by atoms with Crippen molar-refractivity contribution in [2.45, 2.75) is 46.5 Å². The average molecular weight is 761 g/mol. The molecule has 0 aromatic heterocycles. The molecule has 0 unspecified atom stereocenters. The number of carbonyl (C=O) groups excluding carboxylic acids is 5. The van der Waals surface area contributed by atoms with E-state index in [-0.39, 0.29) is 31.1 Å². The number of aliphatic carboxylic acids is 1. The number of carboxylic acid groups (broad SMARTS) is 1. The van der Waals surface area contributed by atoms with Crippen molar-refractivity contribution in [1.82, 2.24) is 0 Å². The lowest BCUT2D eigenvalue weighted by molar-refractivity contribution is -0.268. The predicted molar refractivity (Wildman–Crippen MR) is 219 cm³/mol. The van der Waals surface area contributed by atoms with Crippen molar-refractivity contribution >= 4 is 88.9 Å². The van der Waals surface area contributed by atoms with Gasteiger partial charge in [-0.1, -0.05) is 116 Å². The number of rotatable bonds is 8. The molecule has 0 saturated carbocycles. The molecule has 57 heavy (non-hydrogen) atoms. The second kappa shape index (κ2) is 19.5. The summed E-state index contributed by atoms with van der Waals surface area (Å²) in [6.45, 7) is 6.47. The summed E-state index contributed by atoms with van der Waals surface area (Å²) in [4.78, 5) is 65.7. The van der Waals surface area contributed by atoms with Crippen LogP contribution in [-0.4, -0.2) is 36.0 Å². The van der Waals surface area contributed by atoms with E-state index in [4.69, 9.17) is 29.0 Å². The summed E-state index contributed by atoms with van der Waals surface area (Å²) in [6, 6.07) is 41.9. The van der Waals surface area contributed by atoms with Gasteiger partial charge in [0, 0.05) is 0 Å². The van der Waals surface area contributed by atoms with E-state index in [1.165, 1.54) is 54.2 Å². The van der Waals surface area contributed by atoms with Crippen LogP contribution < -0.4 is 0 Å². The molecule has 8 aromatic carbocycles. The van der Waals surface area contributed by atoms with Crippen molar-refractivity contribution in [2.24, 2.45) is 0 Å². The fourth-order valence-electron chi connectivity index (χ4n) is 7.55. The summed E-state index contributed by atoms with van der Waals surface area (Å²) in [5.41, 5.74) is 4.44. The van der Waals surface area contributed by atoms with Gasteiger partial charge >= 0.3 is 24.2 Å². The van der Waals surface area contributed by atoms with E-state index >= 15 is 0 Å². The van der Waals surface area contributed by atoms with Crippen LogP contribution in [0.25, 0.3) is 64.6 Å². The minimum absolute atomic E-state index is 0.0403. The number of carbonyl (C=O) groups is 2. The molecule has 286 valence electrons. The average Bonchev–Trinajstić information content (AvgIpc) is 3.22. The molecule has 0 amide bonds. The van der Waals surface area contributed by atoms with Crippen LogP contribution in [-0.2, 0) is 57.8 Å². The number of hydrogen-bond donors (Lipinski definition) is 1. The number of fused-ring (bicyclic) bond motifs is 10. The molecular weight excluding hydrogens is 721 g/mol. The molecule has 0 fully saturated rings. The van der Waals surface area contributed by atoms with Gasteiger partial charge in [-0.25, -0.2) is 4.79 Å². The maximum absolute atomic E-state index is 12.2. The van der Waals surface area contributed by atoms with Gasteiger partial charge in [0.2, 0.25) is 0 Å². The second-order valence-corrected chi connectivity index (χ2v) is 13.2. The third-order valence-corrected chi connectivity index (χ3v) is 9.69. The van der Waals surface area contributed by atoms with Gasteiger partial charge in [0.1, 0.15) is 0 Å². The van der Waals surface area contributed by atoms with Crippen molar-refractivity contribution in [2.75, 3.05) is 6.61 Å². The molecule has 9 heteroatoms. The van der Waals surface area contributed by atoms with E-state index in [2.05, 4.69) is 92.7 Å². The normalized spacial score (nSPS) is 10.4. The number of carboxylic acids is 1. The van der Waals surface area contributed by atoms with Crippen LogP contribution in [0.3, 0.4) is 0 Å². The quantitative estimate of drug-likeness (QED) is 0.0910. The molecule has 8 rings (SSSR count). The van der Waals surface area contributed by atoms with Gasteiger partial charge in [0.15, 0.2) is 0 Å². The van der Waals surface area contributed by atoms with Crippen molar-refractivity contribution in [3.63, 3.8) is 0 Å². The monoisotopic (exact) mass is 760 g/mol. The first-order valence-electron chi connectivity index (χ1n) is 18.4. The zero-order valence-corrected chi connectivity index (χ0v) is 31.8. The highest BCUT2D eigenvalue weighted by atomic mass is 17.2. The van der Waals surface area contributed by atoms with E-state index < -0.39 is 5.97 Å². The smallest absolute Gasteiger partial charge is 0.373 e. The van der Waals surface area contributed by atoms with Crippen molar-refractivity contribution < 1.29 is 43.6 Å². The lowest BCUT2D eigenvalue weighted by atomic mass is 9.89. The van der Waals surface area contributed by atoms with E-state index in [1.807, 2.05) is 42.5 Å². The van der Waals surface area contributed by atoms with Crippen LogP contribution in [0.4, 0.5) is 0 Å². The molecule has 0 aliphatic rings. The summed E-state index contributed by atoms with van der Waals surface area (Å²) >= 11 is 0. The predicted octanol–water partition coefficient (Wildman–Crippen LogP) is 10.1. The summed E-state index contributed by atoms with van der Waals surface area (Å²) in [5.74, 6) is -1.18. The number of aryl methyl sites for hydroxylation is 2. The van der Waals surface area contributed by atoms with Crippen LogP contribution in [0.1, 0.15) is 42.5 Å². The Morgan fingerprint density at radius 2 is 0.860 bits per heavy atom. The van der Waals surface area contributed by atoms with Crippen LogP contribution >= 0.6 is 0 Å². The zero-order chi connectivity index (χ0) is 40.9. The molecule has 0 heterocycles. The first kappa shape index (κ1) is 41.1. The molecule has 1 N–H and O–H groups in total. The minimum atomic E-state index is -0.800. The summed E-state index contributed by atoms with van der Waals surface area (Å²) < 4.78 is 0. The summed E-state index contributed by atoms with van der Waals surface area (Å²) in [6.07, 6.45) is 2.88. The molecule has 0 saturated heterocycles. The third kappa shape index (κ3) is 9.27. The maximum Gasteiger partial charge on any atom is 0.373 e. The van der Waals surface area contributed by atoms with Crippen LogP contribution in [0.5, 0.6) is 0 Å². The highest BCUT2D eigenvalue weighted by molar-refractivity contribution is 6.20. The molecule has 8 aromatic rings. The van der Waals surface area contributed by atoms with Gasteiger partial charge in [-0.05, 0) is 125 Å². The Kier molecular flexibility index (Phi) is 14.1. The minimum Gasteiger partial charge on any atom is -0.481 e. The maximum atomic E-state index is 12.2. The zero-order valence-electron chi connectivity index (χ0n) is 31.8. The molecule has 0 aliphatic carbocycles. The Morgan fingerprint density at radius 3 is 1.28 bits per heavy atom. The topological polar surface area (TPSA) is 141 Å². The first-order valence-corrected chi connectivity index (χ1v) is 18.4. The fourth-order valence-corrected chi connectivity index (χ4v) is 7.55. The van der Waals surface area contributed by atoms with Crippen LogP contribution in [0, 0.1) is 6.92 Å². The van der Waals surface area contributed by atoms with Gasteiger partial charge in [0.05, 0.1) is 19.4 Å². The van der Waals surface area contributed by atoms with Crippen molar-refractivity contribution in [1.29, 1.82) is 0 Å². The molecule has 0 bridgehead atoms. The van der Waals surface area contributed by atoms with Crippen LogP contribution in [0.2, 0.25) is 0 Å². The highest BCUT2D eigenvalue weighted by Crippen LogP contribution is 2.37. The Labute approximate surface area is 328 Å². The van der Waals surface area contributed by atoms with Crippen LogP contribution in [0.15, 0.2) is 121 Å². The van der Waals surface area contributed by atoms with E-state index in [9.17, 15) is 14.7 Å². The molecule has 9 nitrogen and oxygen atoms in total. The summed E-state index contributed by atoms with van der Waals surface area (Å²) in [5, 5.41) is 23.3. The largest absolute Gasteiger partial charge is 0.481 e. The highest BCUT2D eigenvalue weighted by Gasteiger charge is 2.16. The summed E-state index contributed by atoms with van der Waals surface area (Å²) in [7, 11) is 0. The van der Waals surface area contributed by atoms with Crippen molar-refractivity contribution in [3.8, 4) is 0 Å². The Morgan fingerprint density at radius 1 is 0.509 bits per heavy atom. The standard InChI is InChI=1S/C25H24O3.C21H16O2.2CO2/c1-3-9-17-14-23-22-13-8-6-11-20(22)18(16-25(26)28-27-4-2)15-24(23)21-12-7-5-10-19(17)21;1-13-10-19-18-9-5-3-7-16(18)14(12-21(22)23)11-20(19)17-8-4-2-6-15(13)17;2*2-1-3/h5-8,10-15H,3-4,9,16H2,1-2H3;2-11H,12H2,1H3,(H,22,23);;. The van der Waals surface area contributed by atoms with Gasteiger partial charge in [-0.3, -0.25) is 9.68 Å². The second-order valence-electron chi connectivity index (χ2n) is 13.2. The van der Waals surface area contributed by atoms with E-state index in [1.54, 1.807) is 6.92 Å². The number of benzene rings is 8. The Hall–Kier alpha value is -7.02. The van der Waals surface area contributed by atoms with Gasteiger partial charge in [0.25, 0.3) is 0 Å². The lowest BCUT2D eigenvalue weighted by Crippen LogP contribution is -2.09. The van der Waals surface area contributed by atoms with Gasteiger partial charge in [-0.2, -0.15) is 24.1 Å². The Bertz CT molecular complexity index is 2800. The van der Waals surface area contributed by atoms with Crippen molar-refractivity contribution in [3.05, 3.63) is 144 Å². The molecule has 0 aliphatic heterocycles. The molecular formula is C48H40O9. The third-order valence-electron chi connectivity index (χ3n) is 9.69. The number of hydrogen-bond acceptors (Lipinski definition) is 8. The molecule has 0 radical (unpaired) electrons. The SMILES string of the molecule is CCCc1cc2c3ccccc3c(CC(=O)OOCC)cc2c2ccccc12.Cc1cc2c3ccccc3c(CC(=O)O)cc2c2ccccc12.O=C=O.O=C=O. The Balaban J connectivity index is 0.000000194. The lowest BCUT2D eigenvalue weighted by Gasteiger charge is -2.15. The van der Waals surface area contributed by atoms with Gasteiger partial charge < -0.3 is 5.11 Å². The van der Waals surface area contributed by atoms with E-state index in [0.717, 1.165) is 45.5 Å². The molecule has 0 spiro atoms. The molecule has 0 atom stereocenters.